The predicted octanol–water partition coefficient (Wildman–Crippen LogP) is 3.12. The summed E-state index contributed by atoms with van der Waals surface area (Å²) < 4.78 is 7.41. The van der Waals surface area contributed by atoms with Crippen molar-refractivity contribution in [3.63, 3.8) is 0 Å². The summed E-state index contributed by atoms with van der Waals surface area (Å²) >= 11 is 0. The quantitative estimate of drug-likeness (QED) is 0.702. The number of anilines is 1. The molecular weight excluding hydrogens is 192 g/mol. The summed E-state index contributed by atoms with van der Waals surface area (Å²) in [6.45, 7) is 6.86. The van der Waals surface area contributed by atoms with Crippen molar-refractivity contribution in [1.82, 2.24) is 4.98 Å². The van der Waals surface area contributed by atoms with Crippen molar-refractivity contribution in [2.45, 2.75) is 38.9 Å². The molecule has 0 fully saturated rings. The summed E-state index contributed by atoms with van der Waals surface area (Å²) in [4.78, 5) is 4.22. The van der Waals surface area contributed by atoms with Gasteiger partial charge in [0.15, 0.2) is 20.4 Å². The Morgan fingerprint density at radius 1 is 1.29 bits per heavy atom. The van der Waals surface area contributed by atoms with Crippen LogP contribution in [0, 0.1) is 0 Å². The minimum Gasteiger partial charge on any atom is -0.450 e. The van der Waals surface area contributed by atoms with E-state index in [1.165, 1.54) is 24.5 Å². The molecule has 0 bridgehead atoms. The van der Waals surface area contributed by atoms with Gasteiger partial charge in [0.1, 0.15) is 6.26 Å². The second kappa shape index (κ2) is 4.64. The standard InChI is InChI=1S/C10H20N2OSi/c1-5-14(6-2,7-3)12(4)10-8-13-9-11-10/h8-9H,5-7H2,1-4H3. The van der Waals surface area contributed by atoms with Gasteiger partial charge in [0, 0.05) is 0 Å². The molecule has 0 saturated carbocycles. The van der Waals surface area contributed by atoms with Crippen LogP contribution in [0.3, 0.4) is 0 Å². The van der Waals surface area contributed by atoms with E-state index in [1.54, 1.807) is 6.26 Å². The average molecular weight is 212 g/mol. The van der Waals surface area contributed by atoms with E-state index < -0.39 is 8.24 Å². The van der Waals surface area contributed by atoms with Crippen LogP contribution in [0.15, 0.2) is 17.1 Å². The van der Waals surface area contributed by atoms with Gasteiger partial charge in [-0.15, -0.1) is 0 Å². The van der Waals surface area contributed by atoms with Gasteiger partial charge in [0.05, 0.1) is 0 Å². The van der Waals surface area contributed by atoms with Crippen molar-refractivity contribution in [1.29, 1.82) is 0 Å². The fourth-order valence-electron chi connectivity index (χ4n) is 2.08. The monoisotopic (exact) mass is 212 g/mol. The van der Waals surface area contributed by atoms with E-state index in [1.807, 2.05) is 0 Å². The van der Waals surface area contributed by atoms with Crippen LogP contribution in [0.5, 0.6) is 0 Å². The Morgan fingerprint density at radius 3 is 2.21 bits per heavy atom. The third-order valence-corrected chi connectivity index (χ3v) is 9.05. The molecule has 80 valence electrons. The first kappa shape index (κ1) is 11.3. The van der Waals surface area contributed by atoms with Crippen molar-refractivity contribution >= 4 is 14.1 Å². The largest absolute Gasteiger partial charge is 0.450 e. The molecule has 14 heavy (non-hydrogen) atoms. The molecule has 1 heterocycles. The van der Waals surface area contributed by atoms with E-state index >= 15 is 0 Å². The second-order valence-corrected chi connectivity index (χ2v) is 8.93. The number of hydrogen-bond acceptors (Lipinski definition) is 3. The van der Waals surface area contributed by atoms with Crippen LogP contribution < -0.4 is 4.57 Å². The van der Waals surface area contributed by atoms with E-state index in [2.05, 4.69) is 37.4 Å². The molecule has 0 aliphatic heterocycles. The summed E-state index contributed by atoms with van der Waals surface area (Å²) in [6, 6.07) is 3.80. The lowest BCUT2D eigenvalue weighted by Crippen LogP contribution is -2.50. The van der Waals surface area contributed by atoms with Crippen LogP contribution in [0.1, 0.15) is 20.8 Å². The van der Waals surface area contributed by atoms with Gasteiger partial charge < -0.3 is 8.98 Å². The molecule has 1 aromatic rings. The number of aromatic nitrogens is 1. The van der Waals surface area contributed by atoms with Gasteiger partial charge in [-0.25, -0.2) is 4.98 Å². The Balaban J connectivity index is 2.89. The zero-order valence-electron chi connectivity index (χ0n) is 9.58. The van der Waals surface area contributed by atoms with Gasteiger partial charge in [0.2, 0.25) is 0 Å². The molecule has 4 heteroatoms. The molecular formula is C10H20N2OSi. The van der Waals surface area contributed by atoms with Crippen molar-refractivity contribution in [3.05, 3.63) is 12.7 Å². The molecule has 0 aromatic carbocycles. The Bertz CT molecular complexity index is 249. The zero-order chi connectivity index (χ0) is 10.6. The van der Waals surface area contributed by atoms with Gasteiger partial charge in [0.25, 0.3) is 0 Å². The van der Waals surface area contributed by atoms with Gasteiger partial charge in [-0.3, -0.25) is 0 Å². The van der Waals surface area contributed by atoms with Crippen molar-refractivity contribution in [2.24, 2.45) is 0 Å². The molecule has 0 radical (unpaired) electrons. The molecule has 0 atom stereocenters. The lowest BCUT2D eigenvalue weighted by Gasteiger charge is -2.37. The highest BCUT2D eigenvalue weighted by Gasteiger charge is 2.33. The summed E-state index contributed by atoms with van der Waals surface area (Å²) in [5, 5.41) is 0. The minimum atomic E-state index is -1.31. The average Bonchev–Trinajstić information content (AvgIpc) is 2.74. The fraction of sp³-hybridized carbons (Fsp3) is 0.700. The smallest absolute Gasteiger partial charge is 0.182 e. The van der Waals surface area contributed by atoms with E-state index in [0.717, 1.165) is 5.82 Å². The first-order valence-electron chi connectivity index (χ1n) is 5.32. The summed E-state index contributed by atoms with van der Waals surface area (Å²) in [6.07, 6.45) is 3.24. The number of oxazole rings is 1. The molecule has 0 aliphatic rings. The maximum absolute atomic E-state index is 5.03. The van der Waals surface area contributed by atoms with E-state index in [4.69, 9.17) is 4.42 Å². The highest BCUT2D eigenvalue weighted by molar-refractivity contribution is 6.82. The first-order valence-corrected chi connectivity index (χ1v) is 7.89. The first-order chi connectivity index (χ1) is 6.70. The molecule has 0 amide bonds. The van der Waals surface area contributed by atoms with Crippen molar-refractivity contribution in [3.8, 4) is 0 Å². The Labute approximate surface area is 87.2 Å². The fourth-order valence-corrected chi connectivity index (χ4v) is 5.60. The van der Waals surface area contributed by atoms with Crippen molar-refractivity contribution < 1.29 is 4.42 Å². The zero-order valence-corrected chi connectivity index (χ0v) is 10.6. The Kier molecular flexibility index (Phi) is 3.75. The van der Waals surface area contributed by atoms with Crippen LogP contribution in [-0.4, -0.2) is 20.3 Å². The molecule has 0 saturated heterocycles. The molecule has 3 nitrogen and oxygen atoms in total. The summed E-state index contributed by atoms with van der Waals surface area (Å²) in [5.74, 6) is 0.988. The number of rotatable bonds is 5. The molecule has 1 aromatic heterocycles. The number of hydrogen-bond donors (Lipinski definition) is 0. The minimum absolute atomic E-state index is 0.988. The molecule has 0 unspecified atom stereocenters. The third-order valence-electron chi connectivity index (χ3n) is 3.45. The highest BCUT2D eigenvalue weighted by Crippen LogP contribution is 2.27. The van der Waals surface area contributed by atoms with Gasteiger partial charge in [-0.1, -0.05) is 20.8 Å². The lowest BCUT2D eigenvalue weighted by molar-refractivity contribution is 0.558. The summed E-state index contributed by atoms with van der Waals surface area (Å²) in [7, 11) is 0.839. The topological polar surface area (TPSA) is 29.3 Å². The Hall–Kier alpha value is -0.773. The Morgan fingerprint density at radius 2 is 1.86 bits per heavy atom. The van der Waals surface area contributed by atoms with Crippen LogP contribution in [0.25, 0.3) is 0 Å². The summed E-state index contributed by atoms with van der Waals surface area (Å²) in [5.41, 5.74) is 0. The molecule has 0 spiro atoms. The van der Waals surface area contributed by atoms with Crippen LogP contribution >= 0.6 is 0 Å². The maximum atomic E-state index is 5.03. The number of nitrogens with zero attached hydrogens (tertiary/aromatic N) is 2. The van der Waals surface area contributed by atoms with E-state index in [-0.39, 0.29) is 0 Å². The van der Waals surface area contributed by atoms with Gasteiger partial charge in [-0.05, 0) is 25.2 Å². The van der Waals surface area contributed by atoms with E-state index in [9.17, 15) is 0 Å². The molecule has 0 aliphatic carbocycles. The van der Waals surface area contributed by atoms with E-state index in [0.29, 0.717) is 0 Å². The van der Waals surface area contributed by atoms with Gasteiger partial charge in [-0.2, -0.15) is 0 Å². The van der Waals surface area contributed by atoms with Crippen LogP contribution in [0.2, 0.25) is 18.1 Å². The molecule has 1 rings (SSSR count). The maximum Gasteiger partial charge on any atom is 0.182 e. The van der Waals surface area contributed by atoms with Crippen LogP contribution in [0.4, 0.5) is 5.82 Å². The lowest BCUT2D eigenvalue weighted by atomic mass is 10.8. The molecule has 0 N–H and O–H groups in total. The van der Waals surface area contributed by atoms with Crippen molar-refractivity contribution in [2.75, 3.05) is 11.6 Å². The predicted molar refractivity (Wildman–Crippen MR) is 62.1 cm³/mol. The van der Waals surface area contributed by atoms with Gasteiger partial charge >= 0.3 is 0 Å². The third kappa shape index (κ3) is 1.85. The highest BCUT2D eigenvalue weighted by atomic mass is 28.3. The SMILES string of the molecule is CC[Si](CC)(CC)N(C)c1cocn1. The van der Waals surface area contributed by atoms with Crippen LogP contribution in [-0.2, 0) is 0 Å². The normalized spacial score (nSPS) is 11.7. The second-order valence-electron chi connectivity index (χ2n) is 3.69.